The van der Waals surface area contributed by atoms with Gasteiger partial charge in [-0.15, -0.1) is 0 Å². The van der Waals surface area contributed by atoms with Crippen molar-refractivity contribution in [2.45, 2.75) is 32.8 Å². The molecular formula is C10H18O2. The Balaban J connectivity index is 4.14. The van der Waals surface area contributed by atoms with Gasteiger partial charge in [-0.25, -0.2) is 0 Å². The number of methoxy groups -OCH3 is 1. The Kier molecular flexibility index (Phi) is 4.83. The molecule has 0 N–H and O–H groups in total. The van der Waals surface area contributed by atoms with Crippen LogP contribution in [0.1, 0.15) is 27.2 Å². The van der Waals surface area contributed by atoms with Crippen LogP contribution in [-0.4, -0.2) is 19.0 Å². The van der Waals surface area contributed by atoms with E-state index in [0.717, 1.165) is 12.7 Å². The highest BCUT2D eigenvalue weighted by Crippen LogP contribution is 2.24. The van der Waals surface area contributed by atoms with Gasteiger partial charge in [-0.3, -0.25) is 4.79 Å². The van der Waals surface area contributed by atoms with Crippen molar-refractivity contribution in [3.8, 4) is 0 Å². The average molecular weight is 170 g/mol. The maximum absolute atomic E-state index is 10.0. The van der Waals surface area contributed by atoms with E-state index in [2.05, 4.69) is 13.8 Å². The molecule has 0 saturated heterocycles. The molecule has 0 aliphatic rings. The van der Waals surface area contributed by atoms with Crippen molar-refractivity contribution in [2.24, 2.45) is 5.92 Å². The first kappa shape index (κ1) is 11.4. The van der Waals surface area contributed by atoms with Crippen LogP contribution < -0.4 is 0 Å². The molecule has 2 heteroatoms. The second-order valence-corrected chi connectivity index (χ2v) is 3.44. The topological polar surface area (TPSA) is 26.3 Å². The molecule has 0 aromatic heterocycles. The maximum Gasteiger partial charge on any atom is 0.142 e. The highest BCUT2D eigenvalue weighted by Gasteiger charge is 2.25. The van der Waals surface area contributed by atoms with Crippen molar-refractivity contribution >= 4 is 6.29 Å². The maximum atomic E-state index is 10.0. The lowest BCUT2D eigenvalue weighted by molar-refractivity contribution is -0.104. The van der Waals surface area contributed by atoms with Gasteiger partial charge in [0.05, 0.1) is 5.60 Å². The van der Waals surface area contributed by atoms with Gasteiger partial charge < -0.3 is 4.74 Å². The zero-order chi connectivity index (χ0) is 9.61. The van der Waals surface area contributed by atoms with Crippen LogP contribution in [0.25, 0.3) is 0 Å². The van der Waals surface area contributed by atoms with E-state index in [1.54, 1.807) is 7.11 Å². The molecule has 0 bridgehead atoms. The first-order valence-electron chi connectivity index (χ1n) is 4.22. The van der Waals surface area contributed by atoms with Crippen molar-refractivity contribution in [1.82, 2.24) is 0 Å². The van der Waals surface area contributed by atoms with Crippen LogP contribution in [0.4, 0.5) is 0 Å². The first-order valence-corrected chi connectivity index (χ1v) is 4.22. The van der Waals surface area contributed by atoms with Gasteiger partial charge in [0, 0.05) is 7.11 Å². The van der Waals surface area contributed by atoms with Crippen molar-refractivity contribution in [3.63, 3.8) is 0 Å². The highest BCUT2D eigenvalue weighted by atomic mass is 16.5. The van der Waals surface area contributed by atoms with E-state index in [0.29, 0.717) is 5.92 Å². The second-order valence-electron chi connectivity index (χ2n) is 3.44. The summed E-state index contributed by atoms with van der Waals surface area (Å²) < 4.78 is 5.38. The normalized spacial score (nSPS) is 16.8. The molecule has 70 valence electrons. The van der Waals surface area contributed by atoms with Crippen molar-refractivity contribution < 1.29 is 9.53 Å². The van der Waals surface area contributed by atoms with Crippen LogP contribution >= 0.6 is 0 Å². The Hall–Kier alpha value is -0.630. The number of aldehydes is 1. The van der Waals surface area contributed by atoms with Crippen molar-refractivity contribution in [2.75, 3.05) is 7.11 Å². The van der Waals surface area contributed by atoms with Gasteiger partial charge in [0.25, 0.3) is 0 Å². The Morgan fingerprint density at radius 3 is 2.42 bits per heavy atom. The number of hydrogen-bond acceptors (Lipinski definition) is 2. The minimum absolute atomic E-state index is 0.153. The largest absolute Gasteiger partial charge is 0.378 e. The van der Waals surface area contributed by atoms with E-state index >= 15 is 0 Å². The van der Waals surface area contributed by atoms with Crippen molar-refractivity contribution in [3.05, 3.63) is 12.2 Å². The molecule has 2 nitrogen and oxygen atoms in total. The summed E-state index contributed by atoms with van der Waals surface area (Å²) in [5.41, 5.74) is -0.153. The zero-order valence-electron chi connectivity index (χ0n) is 8.33. The zero-order valence-corrected chi connectivity index (χ0v) is 8.33. The molecular weight excluding hydrogens is 152 g/mol. The number of hydrogen-bond donors (Lipinski definition) is 0. The number of allylic oxidation sites excluding steroid dienone is 1. The highest BCUT2D eigenvalue weighted by molar-refractivity contribution is 5.64. The molecule has 0 aromatic carbocycles. The van der Waals surface area contributed by atoms with Gasteiger partial charge in [0.1, 0.15) is 6.29 Å². The van der Waals surface area contributed by atoms with Crippen LogP contribution in [0, 0.1) is 5.92 Å². The number of carbonyl (C=O) groups is 1. The van der Waals surface area contributed by atoms with E-state index in [4.69, 9.17) is 4.74 Å². The average Bonchev–Trinajstić information content (AvgIpc) is 2.04. The summed E-state index contributed by atoms with van der Waals surface area (Å²) in [6.07, 6.45) is 4.92. The Labute approximate surface area is 74.6 Å². The Bertz CT molecular complexity index is 161. The van der Waals surface area contributed by atoms with Crippen LogP contribution in [0.2, 0.25) is 0 Å². The van der Waals surface area contributed by atoms with E-state index < -0.39 is 0 Å². The summed E-state index contributed by atoms with van der Waals surface area (Å²) >= 11 is 0. The molecule has 0 fully saturated rings. The predicted molar refractivity (Wildman–Crippen MR) is 50.1 cm³/mol. The molecule has 0 radical (unpaired) electrons. The van der Waals surface area contributed by atoms with Gasteiger partial charge in [0.15, 0.2) is 0 Å². The number of ether oxygens (including phenoxy) is 1. The molecule has 0 amide bonds. The molecule has 1 atom stereocenters. The van der Waals surface area contributed by atoms with Gasteiger partial charge in [-0.05, 0) is 25.3 Å². The summed E-state index contributed by atoms with van der Waals surface area (Å²) in [6.45, 7) is 6.27. The first-order chi connectivity index (χ1) is 5.56. The lowest BCUT2D eigenvalue weighted by atomic mass is 9.89. The summed E-state index contributed by atoms with van der Waals surface area (Å²) in [6, 6.07) is 0. The third-order valence-corrected chi connectivity index (χ3v) is 2.43. The fourth-order valence-corrected chi connectivity index (χ4v) is 0.912. The third kappa shape index (κ3) is 3.18. The van der Waals surface area contributed by atoms with Crippen LogP contribution in [0.3, 0.4) is 0 Å². The molecule has 0 aliphatic heterocycles. The molecule has 1 unspecified atom stereocenters. The van der Waals surface area contributed by atoms with Gasteiger partial charge in [-0.1, -0.05) is 19.9 Å². The monoisotopic (exact) mass is 170 g/mol. The van der Waals surface area contributed by atoms with E-state index in [1.807, 2.05) is 13.0 Å². The van der Waals surface area contributed by atoms with E-state index in [-0.39, 0.29) is 5.60 Å². The van der Waals surface area contributed by atoms with Crippen LogP contribution in [0.5, 0.6) is 0 Å². The standard InChI is InChI=1S/C10H18O2/c1-9(2)10(3,12-4)7-5-6-8-11/h5-6,8-9H,7H2,1-4H3. The minimum atomic E-state index is -0.153. The summed E-state index contributed by atoms with van der Waals surface area (Å²) in [4.78, 5) is 10.0. The quantitative estimate of drug-likeness (QED) is 0.467. The van der Waals surface area contributed by atoms with Crippen molar-refractivity contribution in [1.29, 1.82) is 0 Å². The smallest absolute Gasteiger partial charge is 0.142 e. The molecule has 12 heavy (non-hydrogen) atoms. The van der Waals surface area contributed by atoms with Crippen LogP contribution in [0.15, 0.2) is 12.2 Å². The second kappa shape index (κ2) is 5.09. The van der Waals surface area contributed by atoms with Gasteiger partial charge >= 0.3 is 0 Å². The van der Waals surface area contributed by atoms with Gasteiger partial charge in [0.2, 0.25) is 0 Å². The summed E-state index contributed by atoms with van der Waals surface area (Å²) in [5.74, 6) is 0.443. The lowest BCUT2D eigenvalue weighted by Gasteiger charge is -2.31. The van der Waals surface area contributed by atoms with Crippen LogP contribution in [-0.2, 0) is 9.53 Å². The minimum Gasteiger partial charge on any atom is -0.378 e. The summed E-state index contributed by atoms with van der Waals surface area (Å²) in [7, 11) is 1.70. The molecule has 0 spiro atoms. The molecule has 0 saturated carbocycles. The van der Waals surface area contributed by atoms with E-state index in [9.17, 15) is 4.79 Å². The number of rotatable bonds is 5. The molecule has 0 aromatic rings. The fourth-order valence-electron chi connectivity index (χ4n) is 0.912. The fraction of sp³-hybridized carbons (Fsp3) is 0.700. The summed E-state index contributed by atoms with van der Waals surface area (Å²) in [5, 5.41) is 0. The lowest BCUT2D eigenvalue weighted by Crippen LogP contribution is -2.32. The third-order valence-electron chi connectivity index (χ3n) is 2.43. The SMILES string of the molecule is COC(C)(CC=CC=O)C(C)C. The van der Waals surface area contributed by atoms with E-state index in [1.165, 1.54) is 6.08 Å². The van der Waals surface area contributed by atoms with Gasteiger partial charge in [-0.2, -0.15) is 0 Å². The molecule has 0 rings (SSSR count). The Morgan fingerprint density at radius 2 is 2.08 bits per heavy atom. The predicted octanol–water partition coefficient (Wildman–Crippen LogP) is 2.19. The Morgan fingerprint density at radius 1 is 1.50 bits per heavy atom. The molecule has 0 heterocycles. The number of carbonyl (C=O) groups excluding carboxylic acids is 1. The molecule has 0 aliphatic carbocycles.